The Hall–Kier alpha value is -0.420. The molecule has 0 aromatic heterocycles. The third-order valence-electron chi connectivity index (χ3n) is 2.66. The lowest BCUT2D eigenvalue weighted by Gasteiger charge is -2.24. The van der Waals surface area contributed by atoms with E-state index in [1.165, 1.54) is 0 Å². The van der Waals surface area contributed by atoms with Crippen LogP contribution in [-0.4, -0.2) is 34.1 Å². The minimum absolute atomic E-state index is 0.300. The second-order valence-corrected chi connectivity index (χ2v) is 6.17. The SMILES string of the molecule is CC(C)[C@@H](NC(=O)[C@H]1CCCN1)P(=O)(O)O. The monoisotopic (exact) mass is 250 g/mol. The van der Waals surface area contributed by atoms with Gasteiger partial charge in [-0.3, -0.25) is 9.36 Å². The first-order valence-electron chi connectivity index (χ1n) is 5.41. The quantitative estimate of drug-likeness (QED) is 0.527. The Morgan fingerprint density at radius 3 is 2.50 bits per heavy atom. The van der Waals surface area contributed by atoms with Crippen molar-refractivity contribution in [3.63, 3.8) is 0 Å². The minimum Gasteiger partial charge on any atom is -0.340 e. The molecule has 1 rings (SSSR count). The molecule has 0 aromatic carbocycles. The van der Waals surface area contributed by atoms with Crippen molar-refractivity contribution < 1.29 is 19.1 Å². The van der Waals surface area contributed by atoms with Gasteiger partial charge in [-0.25, -0.2) is 0 Å². The Morgan fingerprint density at radius 2 is 2.12 bits per heavy atom. The normalized spacial score (nSPS) is 23.4. The van der Waals surface area contributed by atoms with E-state index in [9.17, 15) is 9.36 Å². The molecule has 0 aromatic rings. The molecule has 94 valence electrons. The summed E-state index contributed by atoms with van der Waals surface area (Å²) in [5.41, 5.74) is 0. The Bertz CT molecular complexity index is 296. The summed E-state index contributed by atoms with van der Waals surface area (Å²) in [6, 6.07) is -0.312. The van der Waals surface area contributed by atoms with Crippen LogP contribution in [0.1, 0.15) is 26.7 Å². The Labute approximate surface area is 95.0 Å². The molecule has 0 saturated carbocycles. The molecule has 16 heavy (non-hydrogen) atoms. The first-order chi connectivity index (χ1) is 7.32. The van der Waals surface area contributed by atoms with Crippen LogP contribution in [0.4, 0.5) is 0 Å². The van der Waals surface area contributed by atoms with Crippen molar-refractivity contribution in [3.05, 3.63) is 0 Å². The molecule has 1 amide bonds. The van der Waals surface area contributed by atoms with E-state index in [2.05, 4.69) is 10.6 Å². The van der Waals surface area contributed by atoms with Gasteiger partial charge < -0.3 is 20.4 Å². The molecule has 0 spiro atoms. The fourth-order valence-electron chi connectivity index (χ4n) is 1.79. The molecule has 0 bridgehead atoms. The van der Waals surface area contributed by atoms with E-state index < -0.39 is 13.4 Å². The largest absolute Gasteiger partial charge is 0.347 e. The summed E-state index contributed by atoms with van der Waals surface area (Å²) < 4.78 is 11.2. The van der Waals surface area contributed by atoms with E-state index in [0.29, 0.717) is 0 Å². The van der Waals surface area contributed by atoms with Gasteiger partial charge in [0.05, 0.1) is 6.04 Å². The van der Waals surface area contributed by atoms with Crippen molar-refractivity contribution in [2.75, 3.05) is 6.54 Å². The van der Waals surface area contributed by atoms with Gasteiger partial charge in [-0.2, -0.15) is 0 Å². The zero-order valence-corrected chi connectivity index (χ0v) is 10.4. The zero-order chi connectivity index (χ0) is 12.3. The highest BCUT2D eigenvalue weighted by molar-refractivity contribution is 7.52. The smallest absolute Gasteiger partial charge is 0.340 e. The van der Waals surface area contributed by atoms with Crippen LogP contribution in [0.3, 0.4) is 0 Å². The highest BCUT2D eigenvalue weighted by Gasteiger charge is 2.35. The van der Waals surface area contributed by atoms with E-state index in [1.807, 2.05) is 0 Å². The molecule has 2 atom stereocenters. The van der Waals surface area contributed by atoms with Crippen molar-refractivity contribution in [2.45, 2.75) is 38.5 Å². The summed E-state index contributed by atoms with van der Waals surface area (Å²) in [5, 5.41) is 5.42. The number of rotatable bonds is 4. The number of hydrogen-bond donors (Lipinski definition) is 4. The standard InChI is InChI=1S/C9H19N2O4P/c1-6(2)9(16(13,14)15)11-8(12)7-4-3-5-10-7/h6-7,9-10H,3-5H2,1-2H3,(H,11,12)(H2,13,14,15)/t7-,9+/m1/s1. The van der Waals surface area contributed by atoms with Crippen molar-refractivity contribution in [3.8, 4) is 0 Å². The molecule has 1 aliphatic heterocycles. The van der Waals surface area contributed by atoms with Gasteiger partial charge in [0.25, 0.3) is 0 Å². The molecular weight excluding hydrogens is 231 g/mol. The first-order valence-corrected chi connectivity index (χ1v) is 7.09. The van der Waals surface area contributed by atoms with Crippen molar-refractivity contribution in [1.82, 2.24) is 10.6 Å². The number of hydrogen-bond acceptors (Lipinski definition) is 3. The highest BCUT2D eigenvalue weighted by Crippen LogP contribution is 2.43. The van der Waals surface area contributed by atoms with Crippen LogP contribution >= 0.6 is 7.60 Å². The van der Waals surface area contributed by atoms with Crippen LogP contribution in [0.5, 0.6) is 0 Å². The molecule has 4 N–H and O–H groups in total. The van der Waals surface area contributed by atoms with Gasteiger partial charge in [0, 0.05) is 0 Å². The van der Waals surface area contributed by atoms with E-state index in [4.69, 9.17) is 9.79 Å². The second kappa shape index (κ2) is 5.27. The molecule has 0 radical (unpaired) electrons. The maximum atomic E-state index is 11.7. The Kier molecular flexibility index (Phi) is 4.50. The van der Waals surface area contributed by atoms with E-state index in [0.717, 1.165) is 19.4 Å². The molecule has 7 heteroatoms. The summed E-state index contributed by atoms with van der Waals surface area (Å²) >= 11 is 0. The van der Waals surface area contributed by atoms with Gasteiger partial charge in [0.15, 0.2) is 0 Å². The number of carbonyl (C=O) groups excluding carboxylic acids is 1. The lowest BCUT2D eigenvalue weighted by molar-refractivity contribution is -0.123. The predicted octanol–water partition coefficient (Wildman–Crippen LogP) is 0.0144. The van der Waals surface area contributed by atoms with Crippen LogP contribution in [0.2, 0.25) is 0 Å². The second-order valence-electron chi connectivity index (χ2n) is 4.44. The van der Waals surface area contributed by atoms with Crippen LogP contribution in [0, 0.1) is 5.92 Å². The van der Waals surface area contributed by atoms with Crippen molar-refractivity contribution in [2.24, 2.45) is 5.92 Å². The Balaban J connectivity index is 2.61. The van der Waals surface area contributed by atoms with Gasteiger partial charge in [-0.15, -0.1) is 0 Å². The molecule has 1 heterocycles. The number of nitrogens with one attached hydrogen (secondary N) is 2. The fourth-order valence-corrected chi connectivity index (χ4v) is 2.87. The average Bonchev–Trinajstić information content (AvgIpc) is 2.63. The maximum Gasteiger partial charge on any atom is 0.347 e. The number of amides is 1. The summed E-state index contributed by atoms with van der Waals surface area (Å²) in [6.07, 6.45) is 1.64. The van der Waals surface area contributed by atoms with Gasteiger partial charge in [-0.05, 0) is 25.3 Å². The lowest BCUT2D eigenvalue weighted by atomic mass is 10.2. The van der Waals surface area contributed by atoms with Crippen LogP contribution in [-0.2, 0) is 9.36 Å². The molecule has 1 aliphatic rings. The third kappa shape index (κ3) is 3.56. The van der Waals surface area contributed by atoms with Crippen LogP contribution in [0.25, 0.3) is 0 Å². The molecule has 0 aliphatic carbocycles. The molecule has 1 fully saturated rings. The van der Waals surface area contributed by atoms with Crippen LogP contribution < -0.4 is 10.6 Å². The summed E-state index contributed by atoms with van der Waals surface area (Å²) in [6.45, 7) is 4.12. The molecule has 6 nitrogen and oxygen atoms in total. The predicted molar refractivity (Wildman–Crippen MR) is 59.8 cm³/mol. The van der Waals surface area contributed by atoms with Gasteiger partial charge >= 0.3 is 7.60 Å². The van der Waals surface area contributed by atoms with Gasteiger partial charge in [0.2, 0.25) is 5.91 Å². The van der Waals surface area contributed by atoms with Crippen molar-refractivity contribution >= 4 is 13.5 Å². The number of carbonyl (C=O) groups is 1. The van der Waals surface area contributed by atoms with Crippen molar-refractivity contribution in [1.29, 1.82) is 0 Å². The van der Waals surface area contributed by atoms with Gasteiger partial charge in [-0.1, -0.05) is 13.8 Å². The summed E-state index contributed by atoms with van der Waals surface area (Å²) in [4.78, 5) is 29.9. The summed E-state index contributed by atoms with van der Waals surface area (Å²) in [5.74, 6) is -1.71. The topological polar surface area (TPSA) is 98.7 Å². The average molecular weight is 250 g/mol. The third-order valence-corrected chi connectivity index (χ3v) is 4.11. The molecular formula is C9H19N2O4P. The fraction of sp³-hybridized carbons (Fsp3) is 0.889. The first kappa shape index (κ1) is 13.6. The molecule has 1 saturated heterocycles. The van der Waals surface area contributed by atoms with Gasteiger partial charge in [0.1, 0.15) is 5.78 Å². The Morgan fingerprint density at radius 1 is 1.50 bits per heavy atom. The molecule has 0 unspecified atom stereocenters. The minimum atomic E-state index is -4.29. The highest BCUT2D eigenvalue weighted by atomic mass is 31.2. The maximum absolute atomic E-state index is 11.7. The zero-order valence-electron chi connectivity index (χ0n) is 9.51. The van der Waals surface area contributed by atoms with E-state index >= 15 is 0 Å². The van der Waals surface area contributed by atoms with E-state index in [-0.39, 0.29) is 17.9 Å². The van der Waals surface area contributed by atoms with Crippen LogP contribution in [0.15, 0.2) is 0 Å². The van der Waals surface area contributed by atoms with E-state index in [1.54, 1.807) is 13.8 Å². The summed E-state index contributed by atoms with van der Waals surface area (Å²) in [7, 11) is -4.29. The lowest BCUT2D eigenvalue weighted by Crippen LogP contribution is -2.46.